The number of H-pyrrole nitrogens is 1. The lowest BCUT2D eigenvalue weighted by molar-refractivity contribution is 0.687. The first-order valence-electron chi connectivity index (χ1n) is 9.34. The maximum absolute atomic E-state index is 12.5. The van der Waals surface area contributed by atoms with Crippen LogP contribution >= 0.6 is 0 Å². The third-order valence-electron chi connectivity index (χ3n) is 4.78. The zero-order valence-corrected chi connectivity index (χ0v) is 16.5. The molecule has 0 unspecified atom stereocenters. The molecule has 0 radical (unpaired) electrons. The highest BCUT2D eigenvalue weighted by Crippen LogP contribution is 2.18. The van der Waals surface area contributed by atoms with Crippen LogP contribution in [0, 0.1) is 19.3 Å². The number of nitrogens with one attached hydrogen (secondary N) is 4. The van der Waals surface area contributed by atoms with Crippen LogP contribution in [-0.2, 0) is 13.1 Å². The van der Waals surface area contributed by atoms with Crippen molar-refractivity contribution >= 4 is 17.2 Å². The molecule has 0 aliphatic rings. The molecular formula is C23H26N4O. The fourth-order valence-corrected chi connectivity index (χ4v) is 3.02. The largest absolute Gasteiger partial charge is 0.341 e. The molecular weight excluding hydrogens is 348 g/mol. The van der Waals surface area contributed by atoms with Crippen LogP contribution in [0.1, 0.15) is 34.7 Å². The van der Waals surface area contributed by atoms with E-state index in [9.17, 15) is 4.79 Å². The summed E-state index contributed by atoms with van der Waals surface area (Å²) in [6, 6.07) is 17.8. The van der Waals surface area contributed by atoms with Gasteiger partial charge in [0.1, 0.15) is 5.82 Å². The number of pyridine rings is 1. The van der Waals surface area contributed by atoms with E-state index in [4.69, 9.17) is 5.41 Å². The summed E-state index contributed by atoms with van der Waals surface area (Å²) < 4.78 is 0. The Morgan fingerprint density at radius 1 is 1.00 bits per heavy atom. The van der Waals surface area contributed by atoms with Crippen molar-refractivity contribution < 1.29 is 0 Å². The van der Waals surface area contributed by atoms with Crippen LogP contribution in [0.25, 0.3) is 0 Å². The number of para-hydroxylation sites is 1. The molecule has 0 spiro atoms. The molecule has 1 aromatic heterocycles. The van der Waals surface area contributed by atoms with Gasteiger partial charge in [-0.05, 0) is 55.7 Å². The molecule has 4 N–H and O–H groups in total. The second-order valence-electron chi connectivity index (χ2n) is 7.05. The molecule has 2 aromatic carbocycles. The van der Waals surface area contributed by atoms with Crippen LogP contribution in [0.15, 0.2) is 59.4 Å². The topological polar surface area (TPSA) is 80.8 Å². The second-order valence-corrected chi connectivity index (χ2v) is 7.05. The maximum Gasteiger partial charge on any atom is 0.254 e. The summed E-state index contributed by atoms with van der Waals surface area (Å²) in [6.45, 7) is 7.03. The van der Waals surface area contributed by atoms with E-state index in [1.165, 1.54) is 16.7 Å². The van der Waals surface area contributed by atoms with E-state index in [1.54, 1.807) is 13.0 Å². The number of aryl methyl sites for hydroxylation is 2. The standard InChI is InChI=1S/C23H26N4O/c1-15-9-10-18(11-16(15)2)13-25-14-19-12-21(17(3)24)22(27-23(19)28)26-20-7-5-4-6-8-20/h4-12,24-25H,13-14H2,1-3H3,(H2,26,27,28). The monoisotopic (exact) mass is 374 g/mol. The van der Waals surface area contributed by atoms with E-state index >= 15 is 0 Å². The van der Waals surface area contributed by atoms with Crippen LogP contribution < -0.4 is 16.2 Å². The number of aromatic nitrogens is 1. The predicted octanol–water partition coefficient (Wildman–Crippen LogP) is 4.41. The normalized spacial score (nSPS) is 10.7. The molecule has 0 saturated carbocycles. The molecule has 144 valence electrons. The van der Waals surface area contributed by atoms with Crippen molar-refractivity contribution in [1.82, 2.24) is 10.3 Å². The number of benzene rings is 2. The lowest BCUT2D eigenvalue weighted by Gasteiger charge is -2.13. The minimum Gasteiger partial charge on any atom is -0.341 e. The first kappa shape index (κ1) is 19.6. The lowest BCUT2D eigenvalue weighted by Crippen LogP contribution is -2.23. The van der Waals surface area contributed by atoms with Gasteiger partial charge in [0.25, 0.3) is 5.56 Å². The molecule has 3 aromatic rings. The van der Waals surface area contributed by atoms with Gasteiger partial charge in [-0.25, -0.2) is 0 Å². The van der Waals surface area contributed by atoms with Gasteiger partial charge in [0, 0.05) is 35.6 Å². The van der Waals surface area contributed by atoms with Crippen molar-refractivity contribution in [3.05, 3.63) is 92.8 Å². The number of aromatic amines is 1. The van der Waals surface area contributed by atoms with E-state index in [1.807, 2.05) is 30.3 Å². The van der Waals surface area contributed by atoms with Crippen molar-refractivity contribution in [2.45, 2.75) is 33.9 Å². The molecule has 0 bridgehead atoms. The number of hydrogen-bond acceptors (Lipinski definition) is 4. The summed E-state index contributed by atoms with van der Waals surface area (Å²) in [7, 11) is 0. The minimum absolute atomic E-state index is 0.156. The van der Waals surface area contributed by atoms with E-state index in [-0.39, 0.29) is 5.56 Å². The van der Waals surface area contributed by atoms with Crippen LogP contribution in [0.4, 0.5) is 11.5 Å². The third kappa shape index (κ3) is 4.75. The highest BCUT2D eigenvalue weighted by atomic mass is 16.1. The molecule has 3 rings (SSSR count). The molecule has 0 saturated heterocycles. The molecule has 28 heavy (non-hydrogen) atoms. The molecule has 0 aliphatic carbocycles. The highest BCUT2D eigenvalue weighted by Gasteiger charge is 2.11. The van der Waals surface area contributed by atoms with Crippen molar-refractivity contribution in [3.63, 3.8) is 0 Å². The van der Waals surface area contributed by atoms with Crippen LogP contribution in [0.2, 0.25) is 0 Å². The van der Waals surface area contributed by atoms with Crippen molar-refractivity contribution in [3.8, 4) is 0 Å². The Labute approximate surface area is 165 Å². The summed E-state index contributed by atoms with van der Waals surface area (Å²) in [4.78, 5) is 15.4. The van der Waals surface area contributed by atoms with Gasteiger partial charge in [-0.2, -0.15) is 0 Å². The van der Waals surface area contributed by atoms with E-state index in [2.05, 4.69) is 47.7 Å². The first-order valence-corrected chi connectivity index (χ1v) is 9.34. The zero-order valence-electron chi connectivity index (χ0n) is 16.5. The molecule has 0 fully saturated rings. The van der Waals surface area contributed by atoms with E-state index < -0.39 is 0 Å². The molecule has 1 heterocycles. The summed E-state index contributed by atoms with van der Waals surface area (Å²) in [5.41, 5.74) is 6.12. The fraction of sp³-hybridized carbons (Fsp3) is 0.217. The Kier molecular flexibility index (Phi) is 6.06. The predicted molar refractivity (Wildman–Crippen MR) is 116 cm³/mol. The average molecular weight is 374 g/mol. The first-order chi connectivity index (χ1) is 13.4. The van der Waals surface area contributed by atoms with Crippen molar-refractivity contribution in [2.24, 2.45) is 0 Å². The summed E-state index contributed by atoms with van der Waals surface area (Å²) in [5, 5.41) is 14.6. The number of anilines is 2. The fourth-order valence-electron chi connectivity index (χ4n) is 3.02. The third-order valence-corrected chi connectivity index (χ3v) is 4.78. The van der Waals surface area contributed by atoms with Crippen LogP contribution in [0.3, 0.4) is 0 Å². The van der Waals surface area contributed by atoms with Crippen LogP contribution in [0.5, 0.6) is 0 Å². The summed E-state index contributed by atoms with van der Waals surface area (Å²) >= 11 is 0. The molecule has 5 heteroatoms. The van der Waals surface area contributed by atoms with E-state index in [0.717, 1.165) is 5.69 Å². The molecule has 0 amide bonds. The lowest BCUT2D eigenvalue weighted by atomic mass is 10.1. The van der Waals surface area contributed by atoms with Gasteiger partial charge in [0.15, 0.2) is 0 Å². The average Bonchev–Trinajstić information content (AvgIpc) is 2.67. The maximum atomic E-state index is 12.5. The van der Waals surface area contributed by atoms with Gasteiger partial charge < -0.3 is 21.0 Å². The quantitative estimate of drug-likeness (QED) is 0.462. The van der Waals surface area contributed by atoms with Gasteiger partial charge >= 0.3 is 0 Å². The van der Waals surface area contributed by atoms with Gasteiger partial charge in [0.05, 0.1) is 0 Å². The van der Waals surface area contributed by atoms with Gasteiger partial charge in [0.2, 0.25) is 0 Å². The van der Waals surface area contributed by atoms with Gasteiger partial charge in [-0.1, -0.05) is 36.4 Å². The summed E-state index contributed by atoms with van der Waals surface area (Å²) in [5.74, 6) is 0.543. The van der Waals surface area contributed by atoms with E-state index in [0.29, 0.717) is 35.7 Å². The number of rotatable bonds is 7. The van der Waals surface area contributed by atoms with Gasteiger partial charge in [-0.3, -0.25) is 4.79 Å². The molecule has 0 aliphatic heterocycles. The highest BCUT2D eigenvalue weighted by molar-refractivity contribution is 6.01. The Bertz CT molecular complexity index is 1040. The molecule has 5 nitrogen and oxygen atoms in total. The van der Waals surface area contributed by atoms with Gasteiger partial charge in [-0.15, -0.1) is 0 Å². The Morgan fingerprint density at radius 3 is 2.43 bits per heavy atom. The Hall–Kier alpha value is -3.18. The van der Waals surface area contributed by atoms with Crippen molar-refractivity contribution in [1.29, 1.82) is 5.41 Å². The Balaban J connectivity index is 1.76. The SMILES string of the molecule is CC(=N)c1cc(CNCc2ccc(C)c(C)c2)c(=O)[nH]c1Nc1ccccc1. The van der Waals surface area contributed by atoms with Crippen LogP contribution in [-0.4, -0.2) is 10.7 Å². The second kappa shape index (κ2) is 8.67. The molecule has 0 atom stereocenters. The van der Waals surface area contributed by atoms with Crippen molar-refractivity contribution in [2.75, 3.05) is 5.32 Å². The Morgan fingerprint density at radius 2 is 1.75 bits per heavy atom. The minimum atomic E-state index is -0.156. The number of hydrogen-bond donors (Lipinski definition) is 4. The zero-order chi connectivity index (χ0) is 20.1. The smallest absolute Gasteiger partial charge is 0.254 e. The summed E-state index contributed by atoms with van der Waals surface area (Å²) in [6.07, 6.45) is 0.